The number of carboxylic acids is 1. The molecule has 1 aromatic carbocycles. The summed E-state index contributed by atoms with van der Waals surface area (Å²) in [6, 6.07) is 6.40. The molecule has 0 radical (unpaired) electrons. The van der Waals surface area contributed by atoms with Crippen LogP contribution in [-0.4, -0.2) is 25.2 Å². The van der Waals surface area contributed by atoms with E-state index in [-0.39, 0.29) is 16.6 Å². The summed E-state index contributed by atoms with van der Waals surface area (Å²) < 4.78 is 24.1. The SMILES string of the molecule is CCS(=O)(=O)c1ccccc1C(CC(C)C)C(=O)O. The molecular formula is C14H20O4S. The maximum Gasteiger partial charge on any atom is 0.311 e. The molecule has 0 aromatic heterocycles. The zero-order valence-electron chi connectivity index (χ0n) is 11.5. The molecule has 19 heavy (non-hydrogen) atoms. The molecule has 5 heteroatoms. The lowest BCUT2D eigenvalue weighted by Crippen LogP contribution is -2.18. The summed E-state index contributed by atoms with van der Waals surface area (Å²) in [4.78, 5) is 11.6. The number of hydrogen-bond donors (Lipinski definition) is 1. The molecule has 4 nitrogen and oxygen atoms in total. The molecule has 0 saturated heterocycles. The second-order valence-electron chi connectivity index (χ2n) is 4.96. The zero-order chi connectivity index (χ0) is 14.6. The van der Waals surface area contributed by atoms with Crippen LogP contribution in [0.25, 0.3) is 0 Å². The van der Waals surface area contributed by atoms with Crippen molar-refractivity contribution in [2.75, 3.05) is 5.75 Å². The van der Waals surface area contributed by atoms with Gasteiger partial charge in [-0.2, -0.15) is 0 Å². The van der Waals surface area contributed by atoms with Gasteiger partial charge in [-0.3, -0.25) is 4.79 Å². The highest BCUT2D eigenvalue weighted by atomic mass is 32.2. The molecule has 1 unspecified atom stereocenters. The Bertz CT molecular complexity index is 546. The molecule has 1 N–H and O–H groups in total. The van der Waals surface area contributed by atoms with Gasteiger partial charge in [0.2, 0.25) is 0 Å². The molecule has 0 saturated carbocycles. The van der Waals surface area contributed by atoms with E-state index in [9.17, 15) is 18.3 Å². The van der Waals surface area contributed by atoms with Crippen LogP contribution in [-0.2, 0) is 14.6 Å². The lowest BCUT2D eigenvalue weighted by atomic mass is 9.90. The van der Waals surface area contributed by atoms with Gasteiger partial charge in [0.25, 0.3) is 0 Å². The van der Waals surface area contributed by atoms with Crippen LogP contribution in [0.3, 0.4) is 0 Å². The Balaban J connectivity index is 3.36. The minimum absolute atomic E-state index is 0.0297. The summed E-state index contributed by atoms with van der Waals surface area (Å²) in [5, 5.41) is 9.34. The van der Waals surface area contributed by atoms with E-state index < -0.39 is 21.7 Å². The first kappa shape index (κ1) is 15.7. The quantitative estimate of drug-likeness (QED) is 0.871. The number of hydrogen-bond acceptors (Lipinski definition) is 3. The van der Waals surface area contributed by atoms with E-state index in [4.69, 9.17) is 0 Å². The first-order valence-electron chi connectivity index (χ1n) is 6.34. The van der Waals surface area contributed by atoms with E-state index in [1.165, 1.54) is 6.07 Å². The lowest BCUT2D eigenvalue weighted by molar-refractivity contribution is -0.139. The maximum atomic E-state index is 12.0. The number of carbonyl (C=O) groups is 1. The van der Waals surface area contributed by atoms with Crippen molar-refractivity contribution in [3.8, 4) is 0 Å². The van der Waals surface area contributed by atoms with E-state index in [2.05, 4.69) is 0 Å². The molecule has 0 bridgehead atoms. The van der Waals surface area contributed by atoms with Gasteiger partial charge >= 0.3 is 5.97 Å². The Kier molecular flexibility index (Phi) is 5.11. The third kappa shape index (κ3) is 3.80. The van der Waals surface area contributed by atoms with Gasteiger partial charge in [0.05, 0.1) is 16.6 Å². The predicted octanol–water partition coefficient (Wildman–Crippen LogP) is 2.69. The number of rotatable bonds is 6. The van der Waals surface area contributed by atoms with Gasteiger partial charge in [0.15, 0.2) is 9.84 Å². The number of sulfone groups is 1. The fourth-order valence-corrected chi connectivity index (χ4v) is 3.21. The standard InChI is InChI=1S/C14H20O4S/c1-4-19(17,18)13-8-6-5-7-11(13)12(14(15)16)9-10(2)3/h5-8,10,12H,4,9H2,1-3H3,(H,15,16). The van der Waals surface area contributed by atoms with Crippen LogP contribution >= 0.6 is 0 Å². The lowest BCUT2D eigenvalue weighted by Gasteiger charge is -2.18. The third-order valence-electron chi connectivity index (χ3n) is 3.01. The topological polar surface area (TPSA) is 71.4 Å². The summed E-state index contributed by atoms with van der Waals surface area (Å²) in [6.45, 7) is 5.41. The molecular weight excluding hydrogens is 264 g/mol. The Morgan fingerprint density at radius 1 is 1.26 bits per heavy atom. The largest absolute Gasteiger partial charge is 0.481 e. The summed E-state index contributed by atoms with van der Waals surface area (Å²) in [7, 11) is -3.41. The molecule has 0 heterocycles. The maximum absolute atomic E-state index is 12.0. The summed E-state index contributed by atoms with van der Waals surface area (Å²) in [6.07, 6.45) is 0.422. The van der Waals surface area contributed by atoms with Crippen molar-refractivity contribution in [2.24, 2.45) is 5.92 Å². The molecule has 1 aromatic rings. The molecule has 106 valence electrons. The summed E-state index contributed by atoms with van der Waals surface area (Å²) in [5.41, 5.74) is 0.394. The summed E-state index contributed by atoms with van der Waals surface area (Å²) in [5.74, 6) is -1.61. The highest BCUT2D eigenvalue weighted by Gasteiger charge is 2.27. The van der Waals surface area contributed by atoms with E-state index in [1.54, 1.807) is 25.1 Å². The van der Waals surface area contributed by atoms with Crippen molar-refractivity contribution in [3.63, 3.8) is 0 Å². The van der Waals surface area contributed by atoms with Crippen molar-refractivity contribution < 1.29 is 18.3 Å². The van der Waals surface area contributed by atoms with Gasteiger partial charge in [-0.25, -0.2) is 8.42 Å². The Morgan fingerprint density at radius 3 is 2.32 bits per heavy atom. The second kappa shape index (κ2) is 6.19. The fourth-order valence-electron chi connectivity index (χ4n) is 2.04. The van der Waals surface area contributed by atoms with Crippen LogP contribution in [0.5, 0.6) is 0 Å². The number of benzene rings is 1. The van der Waals surface area contributed by atoms with Gasteiger partial charge in [0, 0.05) is 0 Å². The number of carboxylic acid groups (broad SMARTS) is 1. The highest BCUT2D eigenvalue weighted by molar-refractivity contribution is 7.91. The van der Waals surface area contributed by atoms with Gasteiger partial charge in [-0.05, 0) is 24.0 Å². The van der Waals surface area contributed by atoms with Crippen LogP contribution in [0.2, 0.25) is 0 Å². The van der Waals surface area contributed by atoms with E-state index >= 15 is 0 Å². The van der Waals surface area contributed by atoms with E-state index in [0.29, 0.717) is 12.0 Å². The predicted molar refractivity (Wildman–Crippen MR) is 74.0 cm³/mol. The van der Waals surface area contributed by atoms with Crippen LogP contribution < -0.4 is 0 Å². The molecule has 0 aliphatic rings. The molecule has 1 rings (SSSR count). The Hall–Kier alpha value is -1.36. The van der Waals surface area contributed by atoms with Gasteiger partial charge in [-0.15, -0.1) is 0 Å². The molecule has 0 fully saturated rings. The van der Waals surface area contributed by atoms with Crippen molar-refractivity contribution in [1.82, 2.24) is 0 Å². The Morgan fingerprint density at radius 2 is 1.84 bits per heavy atom. The first-order valence-corrected chi connectivity index (χ1v) is 7.99. The van der Waals surface area contributed by atoms with Crippen molar-refractivity contribution in [3.05, 3.63) is 29.8 Å². The van der Waals surface area contributed by atoms with Crippen LogP contribution in [0, 0.1) is 5.92 Å². The first-order chi connectivity index (χ1) is 8.79. The van der Waals surface area contributed by atoms with Crippen LogP contribution in [0.15, 0.2) is 29.2 Å². The average molecular weight is 284 g/mol. The molecule has 1 atom stereocenters. The summed E-state index contributed by atoms with van der Waals surface area (Å²) >= 11 is 0. The second-order valence-corrected chi connectivity index (χ2v) is 7.21. The van der Waals surface area contributed by atoms with E-state index in [1.807, 2.05) is 13.8 Å². The fraction of sp³-hybridized carbons (Fsp3) is 0.500. The smallest absolute Gasteiger partial charge is 0.311 e. The highest BCUT2D eigenvalue weighted by Crippen LogP contribution is 2.30. The van der Waals surface area contributed by atoms with Gasteiger partial charge in [-0.1, -0.05) is 39.0 Å². The average Bonchev–Trinajstić information content (AvgIpc) is 2.35. The minimum Gasteiger partial charge on any atom is -0.481 e. The third-order valence-corrected chi connectivity index (χ3v) is 4.82. The van der Waals surface area contributed by atoms with Gasteiger partial charge < -0.3 is 5.11 Å². The van der Waals surface area contributed by atoms with Gasteiger partial charge in [0.1, 0.15) is 0 Å². The van der Waals surface area contributed by atoms with Crippen molar-refractivity contribution >= 4 is 15.8 Å². The molecule has 0 amide bonds. The normalized spacial score (nSPS) is 13.5. The van der Waals surface area contributed by atoms with E-state index in [0.717, 1.165) is 0 Å². The molecule has 0 aliphatic carbocycles. The van der Waals surface area contributed by atoms with Crippen LogP contribution in [0.4, 0.5) is 0 Å². The minimum atomic E-state index is -3.41. The monoisotopic (exact) mass is 284 g/mol. The zero-order valence-corrected chi connectivity index (χ0v) is 12.3. The van der Waals surface area contributed by atoms with Crippen molar-refractivity contribution in [1.29, 1.82) is 0 Å². The van der Waals surface area contributed by atoms with Crippen molar-refractivity contribution in [2.45, 2.75) is 38.0 Å². The number of aliphatic carboxylic acids is 1. The molecule has 0 aliphatic heterocycles. The molecule has 0 spiro atoms. The van der Waals surface area contributed by atoms with Crippen LogP contribution in [0.1, 0.15) is 38.7 Å². The Labute approximate surface area is 114 Å².